The van der Waals surface area contributed by atoms with Gasteiger partial charge in [0.2, 0.25) is 5.91 Å². The third-order valence-electron chi connectivity index (χ3n) is 6.04. The highest BCUT2D eigenvalue weighted by atomic mass is 16.4. The predicted molar refractivity (Wildman–Crippen MR) is 112 cm³/mol. The second kappa shape index (κ2) is 9.92. The Hall–Kier alpha value is -2.08. The number of carbonyl (C=O) groups is 2. The molecule has 154 valence electrons. The first kappa shape index (κ1) is 20.6. The van der Waals surface area contributed by atoms with Crippen LogP contribution in [0.5, 0.6) is 0 Å². The van der Waals surface area contributed by atoms with Crippen LogP contribution < -0.4 is 10.2 Å². The van der Waals surface area contributed by atoms with Crippen molar-refractivity contribution in [3.8, 4) is 0 Å². The number of carboxylic acid groups (broad SMARTS) is 1. The summed E-state index contributed by atoms with van der Waals surface area (Å²) in [5.41, 5.74) is 1.47. The van der Waals surface area contributed by atoms with E-state index in [0.717, 1.165) is 50.7 Å². The minimum Gasteiger partial charge on any atom is -0.478 e. The summed E-state index contributed by atoms with van der Waals surface area (Å²) in [6.45, 7) is 5.92. The first-order chi connectivity index (χ1) is 13.6. The third-order valence-corrected chi connectivity index (χ3v) is 6.04. The summed E-state index contributed by atoms with van der Waals surface area (Å²) in [5, 5.41) is 12.4. The van der Waals surface area contributed by atoms with E-state index in [4.69, 9.17) is 0 Å². The van der Waals surface area contributed by atoms with E-state index in [-0.39, 0.29) is 11.5 Å². The van der Waals surface area contributed by atoms with Crippen LogP contribution >= 0.6 is 0 Å². The molecule has 2 fully saturated rings. The van der Waals surface area contributed by atoms with Gasteiger partial charge in [0, 0.05) is 44.3 Å². The number of anilines is 2. The van der Waals surface area contributed by atoms with Gasteiger partial charge in [0.25, 0.3) is 0 Å². The van der Waals surface area contributed by atoms with Gasteiger partial charge in [-0.3, -0.25) is 9.69 Å². The van der Waals surface area contributed by atoms with Gasteiger partial charge in [-0.2, -0.15) is 0 Å². The molecule has 6 nitrogen and oxygen atoms in total. The van der Waals surface area contributed by atoms with Crippen LogP contribution in [0.25, 0.3) is 0 Å². The fraction of sp³-hybridized carbons (Fsp3) is 0.636. The van der Waals surface area contributed by atoms with Crippen LogP contribution in [0, 0.1) is 0 Å². The molecule has 0 bridgehead atoms. The van der Waals surface area contributed by atoms with Crippen LogP contribution in [0.1, 0.15) is 68.6 Å². The average molecular weight is 388 g/mol. The summed E-state index contributed by atoms with van der Waals surface area (Å²) in [7, 11) is 0. The molecule has 0 unspecified atom stereocenters. The highest BCUT2D eigenvalue weighted by molar-refractivity contribution is 6.01. The lowest BCUT2D eigenvalue weighted by atomic mass is 9.94. The van der Waals surface area contributed by atoms with E-state index in [1.807, 2.05) is 13.0 Å². The van der Waals surface area contributed by atoms with E-state index < -0.39 is 5.97 Å². The molecule has 1 aromatic rings. The lowest BCUT2D eigenvalue weighted by molar-refractivity contribution is -0.116. The normalized spacial score (nSPS) is 18.8. The number of hydrogen-bond donors (Lipinski definition) is 2. The minimum absolute atomic E-state index is 0.127. The van der Waals surface area contributed by atoms with E-state index in [1.165, 1.54) is 32.1 Å². The van der Waals surface area contributed by atoms with Crippen LogP contribution in [0.15, 0.2) is 18.2 Å². The number of rotatable bonds is 7. The van der Waals surface area contributed by atoms with Crippen molar-refractivity contribution in [3.05, 3.63) is 23.8 Å². The van der Waals surface area contributed by atoms with E-state index in [2.05, 4.69) is 15.1 Å². The van der Waals surface area contributed by atoms with Crippen molar-refractivity contribution >= 4 is 23.3 Å². The van der Waals surface area contributed by atoms with Crippen molar-refractivity contribution in [2.45, 2.75) is 64.3 Å². The van der Waals surface area contributed by atoms with E-state index in [0.29, 0.717) is 12.1 Å². The quantitative estimate of drug-likeness (QED) is 0.741. The van der Waals surface area contributed by atoms with Crippen LogP contribution in [0.4, 0.5) is 11.4 Å². The van der Waals surface area contributed by atoms with Gasteiger partial charge in [0.05, 0.1) is 11.3 Å². The van der Waals surface area contributed by atoms with Gasteiger partial charge in [-0.15, -0.1) is 0 Å². The zero-order chi connectivity index (χ0) is 19.9. The Morgan fingerprint density at radius 2 is 1.82 bits per heavy atom. The Morgan fingerprint density at radius 1 is 1.11 bits per heavy atom. The summed E-state index contributed by atoms with van der Waals surface area (Å²) in [5.74, 6) is -1.13. The summed E-state index contributed by atoms with van der Waals surface area (Å²) in [4.78, 5) is 28.6. The summed E-state index contributed by atoms with van der Waals surface area (Å²) < 4.78 is 0. The van der Waals surface area contributed by atoms with Gasteiger partial charge in [-0.05, 0) is 37.5 Å². The Labute approximate surface area is 167 Å². The zero-order valence-electron chi connectivity index (χ0n) is 17.0. The molecule has 1 saturated heterocycles. The molecule has 2 N–H and O–H groups in total. The van der Waals surface area contributed by atoms with Crippen molar-refractivity contribution in [2.24, 2.45) is 0 Å². The van der Waals surface area contributed by atoms with Crippen molar-refractivity contribution in [2.75, 3.05) is 36.4 Å². The summed E-state index contributed by atoms with van der Waals surface area (Å²) in [6.07, 6.45) is 8.85. The maximum Gasteiger partial charge on any atom is 0.337 e. The number of hydrogen-bond acceptors (Lipinski definition) is 4. The molecule has 1 aliphatic heterocycles. The molecule has 1 saturated carbocycles. The van der Waals surface area contributed by atoms with Gasteiger partial charge >= 0.3 is 5.97 Å². The Morgan fingerprint density at radius 3 is 2.46 bits per heavy atom. The highest BCUT2D eigenvalue weighted by Crippen LogP contribution is 2.27. The van der Waals surface area contributed by atoms with Crippen molar-refractivity contribution < 1.29 is 14.7 Å². The first-order valence-corrected chi connectivity index (χ1v) is 10.7. The van der Waals surface area contributed by atoms with Gasteiger partial charge in [0.15, 0.2) is 0 Å². The second-order valence-electron chi connectivity index (χ2n) is 8.00. The minimum atomic E-state index is -1.01. The molecule has 0 aromatic heterocycles. The molecule has 2 aliphatic rings. The SMILES string of the molecule is CCCCC(=O)Nc1ccc(N2CCN(C3CCCCC3)CC2)cc1C(=O)O. The molecule has 3 rings (SSSR count). The van der Waals surface area contributed by atoms with Crippen LogP contribution in [-0.2, 0) is 4.79 Å². The Bertz CT molecular complexity index is 678. The molecule has 1 amide bonds. The van der Waals surface area contributed by atoms with Gasteiger partial charge < -0.3 is 15.3 Å². The highest BCUT2D eigenvalue weighted by Gasteiger charge is 2.26. The summed E-state index contributed by atoms with van der Waals surface area (Å²) >= 11 is 0. The number of piperazine rings is 1. The van der Waals surface area contributed by atoms with Crippen molar-refractivity contribution in [3.63, 3.8) is 0 Å². The largest absolute Gasteiger partial charge is 0.478 e. The molecule has 1 aromatic carbocycles. The standard InChI is InChI=1S/C22H33N3O3/c1-2-3-9-21(26)23-20-11-10-18(16-19(20)22(27)28)25-14-12-24(13-15-25)17-7-5-4-6-8-17/h10-11,16-17H,2-9,12-15H2,1H3,(H,23,26)(H,27,28). The molecule has 1 aliphatic carbocycles. The molecular formula is C22H33N3O3. The first-order valence-electron chi connectivity index (χ1n) is 10.7. The van der Waals surface area contributed by atoms with E-state index in [1.54, 1.807) is 12.1 Å². The Balaban J connectivity index is 1.63. The molecular weight excluding hydrogens is 354 g/mol. The number of nitrogens with one attached hydrogen (secondary N) is 1. The average Bonchev–Trinajstić information content (AvgIpc) is 2.73. The molecule has 28 heavy (non-hydrogen) atoms. The number of unbranched alkanes of at least 4 members (excludes halogenated alkanes) is 1. The summed E-state index contributed by atoms with van der Waals surface area (Å²) in [6, 6.07) is 6.09. The maximum absolute atomic E-state index is 12.0. The van der Waals surface area contributed by atoms with Crippen LogP contribution in [-0.4, -0.2) is 54.1 Å². The van der Waals surface area contributed by atoms with Crippen molar-refractivity contribution in [1.82, 2.24) is 4.90 Å². The van der Waals surface area contributed by atoms with E-state index >= 15 is 0 Å². The van der Waals surface area contributed by atoms with Gasteiger partial charge in [-0.25, -0.2) is 4.79 Å². The Kier molecular flexibility index (Phi) is 7.31. The fourth-order valence-corrected chi connectivity index (χ4v) is 4.36. The molecule has 0 atom stereocenters. The van der Waals surface area contributed by atoms with Gasteiger partial charge in [-0.1, -0.05) is 32.6 Å². The molecule has 6 heteroatoms. The monoisotopic (exact) mass is 387 g/mol. The maximum atomic E-state index is 12.0. The molecule has 0 spiro atoms. The van der Waals surface area contributed by atoms with Gasteiger partial charge in [0.1, 0.15) is 0 Å². The second-order valence-corrected chi connectivity index (χ2v) is 8.00. The number of carboxylic acids is 1. The number of amides is 1. The van der Waals surface area contributed by atoms with Crippen molar-refractivity contribution in [1.29, 1.82) is 0 Å². The topological polar surface area (TPSA) is 72.9 Å². The number of aromatic carboxylic acids is 1. The predicted octanol–water partition coefficient (Wildman–Crippen LogP) is 3.97. The third kappa shape index (κ3) is 5.25. The van der Waals surface area contributed by atoms with E-state index in [9.17, 15) is 14.7 Å². The smallest absolute Gasteiger partial charge is 0.337 e. The lowest BCUT2D eigenvalue weighted by Crippen LogP contribution is -2.50. The molecule has 0 radical (unpaired) electrons. The van der Waals surface area contributed by atoms with Crippen LogP contribution in [0.2, 0.25) is 0 Å². The number of carbonyl (C=O) groups excluding carboxylic acids is 1. The van der Waals surface area contributed by atoms with Crippen LogP contribution in [0.3, 0.4) is 0 Å². The number of nitrogens with zero attached hydrogens (tertiary/aromatic N) is 2. The fourth-order valence-electron chi connectivity index (χ4n) is 4.36. The number of benzene rings is 1. The lowest BCUT2D eigenvalue weighted by Gasteiger charge is -2.41. The molecule has 1 heterocycles. The zero-order valence-corrected chi connectivity index (χ0v) is 17.0.